The predicted molar refractivity (Wildman–Crippen MR) is 86.4 cm³/mol. The van der Waals surface area contributed by atoms with E-state index in [9.17, 15) is 4.79 Å². The molecule has 1 saturated carbocycles. The lowest BCUT2D eigenvalue weighted by Crippen LogP contribution is -2.21. The van der Waals surface area contributed by atoms with Gasteiger partial charge in [0.05, 0.1) is 5.56 Å². The number of halogens is 1. The van der Waals surface area contributed by atoms with Gasteiger partial charge in [0, 0.05) is 10.4 Å². The highest BCUT2D eigenvalue weighted by Crippen LogP contribution is 2.37. The molecule has 0 unspecified atom stereocenters. The maximum absolute atomic E-state index is 12.2. The summed E-state index contributed by atoms with van der Waals surface area (Å²) in [4.78, 5) is 12.2. The summed E-state index contributed by atoms with van der Waals surface area (Å²) in [7, 11) is 0. The van der Waals surface area contributed by atoms with Crippen molar-refractivity contribution in [2.75, 3.05) is 0 Å². The Hall–Kier alpha value is -1.61. The SMILES string of the molecule is O=C(O[C@@H]1CCC[C@@H]1c1ccc(Br)cc1)c1ccccc1. The number of benzene rings is 2. The van der Waals surface area contributed by atoms with Crippen molar-refractivity contribution in [3.63, 3.8) is 0 Å². The normalized spacial score (nSPS) is 21.2. The first-order valence-electron chi connectivity index (χ1n) is 7.25. The summed E-state index contributed by atoms with van der Waals surface area (Å²) in [6.07, 6.45) is 3.11. The second kappa shape index (κ2) is 6.44. The molecule has 1 aliphatic carbocycles. The molecule has 2 atom stereocenters. The van der Waals surface area contributed by atoms with Crippen molar-refractivity contribution < 1.29 is 9.53 Å². The van der Waals surface area contributed by atoms with Gasteiger partial charge in [0.1, 0.15) is 6.10 Å². The molecule has 3 rings (SSSR count). The third kappa shape index (κ3) is 3.35. The van der Waals surface area contributed by atoms with Crippen LogP contribution in [0.5, 0.6) is 0 Å². The van der Waals surface area contributed by atoms with E-state index in [2.05, 4.69) is 28.1 Å². The summed E-state index contributed by atoms with van der Waals surface area (Å²) < 4.78 is 6.82. The quantitative estimate of drug-likeness (QED) is 0.737. The van der Waals surface area contributed by atoms with Gasteiger partial charge in [-0.1, -0.05) is 46.3 Å². The van der Waals surface area contributed by atoms with Gasteiger partial charge < -0.3 is 4.74 Å². The van der Waals surface area contributed by atoms with Gasteiger partial charge in [-0.15, -0.1) is 0 Å². The Balaban J connectivity index is 1.72. The molecule has 0 N–H and O–H groups in total. The van der Waals surface area contributed by atoms with Gasteiger partial charge in [-0.3, -0.25) is 0 Å². The van der Waals surface area contributed by atoms with E-state index in [0.717, 1.165) is 23.7 Å². The van der Waals surface area contributed by atoms with Gasteiger partial charge in [-0.25, -0.2) is 4.79 Å². The predicted octanol–water partition coefficient (Wildman–Crippen LogP) is 4.94. The van der Waals surface area contributed by atoms with E-state index in [1.165, 1.54) is 5.56 Å². The summed E-state index contributed by atoms with van der Waals surface area (Å²) in [5.41, 5.74) is 1.88. The zero-order chi connectivity index (χ0) is 14.7. The molecule has 0 radical (unpaired) electrons. The molecule has 108 valence electrons. The molecule has 21 heavy (non-hydrogen) atoms. The fraction of sp³-hybridized carbons (Fsp3) is 0.278. The van der Waals surface area contributed by atoms with Crippen LogP contribution in [-0.4, -0.2) is 12.1 Å². The summed E-state index contributed by atoms with van der Waals surface area (Å²) >= 11 is 3.45. The molecule has 0 aliphatic heterocycles. The van der Waals surface area contributed by atoms with Gasteiger partial charge in [0.25, 0.3) is 0 Å². The largest absolute Gasteiger partial charge is 0.458 e. The fourth-order valence-electron chi connectivity index (χ4n) is 2.94. The molecule has 1 aliphatic rings. The molecule has 2 aromatic rings. The van der Waals surface area contributed by atoms with Crippen LogP contribution in [0.3, 0.4) is 0 Å². The molecule has 0 saturated heterocycles. The fourth-order valence-corrected chi connectivity index (χ4v) is 3.20. The number of esters is 1. The van der Waals surface area contributed by atoms with Crippen LogP contribution < -0.4 is 0 Å². The smallest absolute Gasteiger partial charge is 0.338 e. The van der Waals surface area contributed by atoms with E-state index in [1.807, 2.05) is 30.3 Å². The van der Waals surface area contributed by atoms with Crippen molar-refractivity contribution in [2.24, 2.45) is 0 Å². The molecule has 0 spiro atoms. The number of carbonyl (C=O) groups is 1. The van der Waals surface area contributed by atoms with E-state index in [4.69, 9.17) is 4.74 Å². The number of carbonyl (C=O) groups excluding carboxylic acids is 1. The minimum atomic E-state index is -0.218. The topological polar surface area (TPSA) is 26.3 Å². The van der Waals surface area contributed by atoms with Crippen LogP contribution in [0, 0.1) is 0 Å². The summed E-state index contributed by atoms with van der Waals surface area (Å²) in [6, 6.07) is 17.5. The van der Waals surface area contributed by atoms with E-state index >= 15 is 0 Å². The average molecular weight is 345 g/mol. The van der Waals surface area contributed by atoms with E-state index in [-0.39, 0.29) is 12.1 Å². The number of hydrogen-bond donors (Lipinski definition) is 0. The van der Waals surface area contributed by atoms with Crippen LogP contribution >= 0.6 is 15.9 Å². The molecular weight excluding hydrogens is 328 g/mol. The Morgan fingerprint density at radius 3 is 2.43 bits per heavy atom. The van der Waals surface area contributed by atoms with Crippen molar-refractivity contribution in [1.29, 1.82) is 0 Å². The number of rotatable bonds is 3. The van der Waals surface area contributed by atoms with Crippen molar-refractivity contribution in [3.8, 4) is 0 Å². The zero-order valence-electron chi connectivity index (χ0n) is 11.7. The Morgan fingerprint density at radius 1 is 1.00 bits per heavy atom. The van der Waals surface area contributed by atoms with Crippen LogP contribution in [0.1, 0.15) is 41.1 Å². The number of ether oxygens (including phenoxy) is 1. The van der Waals surface area contributed by atoms with Crippen LogP contribution in [0.4, 0.5) is 0 Å². The summed E-state index contributed by atoms with van der Waals surface area (Å²) in [5.74, 6) is 0.0929. The second-order valence-electron chi connectivity index (χ2n) is 5.40. The van der Waals surface area contributed by atoms with Gasteiger partial charge in [0.2, 0.25) is 0 Å². The molecule has 1 fully saturated rings. The Bertz CT molecular complexity index is 607. The summed E-state index contributed by atoms with van der Waals surface area (Å²) in [6.45, 7) is 0. The van der Waals surface area contributed by atoms with Crippen molar-refractivity contribution in [3.05, 3.63) is 70.2 Å². The molecule has 2 aromatic carbocycles. The van der Waals surface area contributed by atoms with Gasteiger partial charge >= 0.3 is 5.97 Å². The number of hydrogen-bond acceptors (Lipinski definition) is 2. The van der Waals surface area contributed by atoms with Gasteiger partial charge in [-0.05, 0) is 49.1 Å². The van der Waals surface area contributed by atoms with Gasteiger partial charge in [-0.2, -0.15) is 0 Å². The molecule has 0 aromatic heterocycles. The van der Waals surface area contributed by atoms with Crippen LogP contribution in [0.15, 0.2) is 59.1 Å². The highest BCUT2D eigenvalue weighted by atomic mass is 79.9. The Kier molecular flexibility index (Phi) is 4.39. The maximum atomic E-state index is 12.2. The van der Waals surface area contributed by atoms with E-state index in [1.54, 1.807) is 12.1 Å². The third-order valence-electron chi connectivity index (χ3n) is 4.02. The first kappa shape index (κ1) is 14.3. The first-order chi connectivity index (χ1) is 10.2. The van der Waals surface area contributed by atoms with Crippen molar-refractivity contribution in [1.82, 2.24) is 0 Å². The minimum absolute atomic E-state index is 0.0149. The molecule has 0 heterocycles. The van der Waals surface area contributed by atoms with Gasteiger partial charge in [0.15, 0.2) is 0 Å². The molecule has 0 amide bonds. The van der Waals surface area contributed by atoms with Crippen LogP contribution in [0.2, 0.25) is 0 Å². The highest BCUT2D eigenvalue weighted by Gasteiger charge is 2.31. The molecule has 3 heteroatoms. The standard InChI is InChI=1S/C18H17BrO2/c19-15-11-9-13(10-12-15)16-7-4-8-17(16)21-18(20)14-5-2-1-3-6-14/h1-3,5-6,9-12,16-17H,4,7-8H2/t16-,17-/m1/s1. The lowest BCUT2D eigenvalue weighted by Gasteiger charge is -2.20. The Labute approximate surface area is 133 Å². The maximum Gasteiger partial charge on any atom is 0.338 e. The third-order valence-corrected chi connectivity index (χ3v) is 4.55. The van der Waals surface area contributed by atoms with Crippen LogP contribution in [-0.2, 0) is 4.74 Å². The lowest BCUT2D eigenvalue weighted by molar-refractivity contribution is 0.0279. The molecule has 0 bridgehead atoms. The zero-order valence-corrected chi connectivity index (χ0v) is 13.3. The lowest BCUT2D eigenvalue weighted by atomic mass is 9.96. The summed E-state index contributed by atoms with van der Waals surface area (Å²) in [5, 5.41) is 0. The highest BCUT2D eigenvalue weighted by molar-refractivity contribution is 9.10. The molecular formula is C18H17BrO2. The minimum Gasteiger partial charge on any atom is -0.458 e. The van der Waals surface area contributed by atoms with E-state index in [0.29, 0.717) is 11.5 Å². The Morgan fingerprint density at radius 2 is 1.71 bits per heavy atom. The van der Waals surface area contributed by atoms with Crippen molar-refractivity contribution >= 4 is 21.9 Å². The first-order valence-corrected chi connectivity index (χ1v) is 8.05. The van der Waals surface area contributed by atoms with E-state index < -0.39 is 0 Å². The molecule has 2 nitrogen and oxygen atoms in total. The average Bonchev–Trinajstić information content (AvgIpc) is 2.97. The van der Waals surface area contributed by atoms with Crippen LogP contribution in [0.25, 0.3) is 0 Å². The second-order valence-corrected chi connectivity index (χ2v) is 6.31. The van der Waals surface area contributed by atoms with Crippen molar-refractivity contribution in [2.45, 2.75) is 31.3 Å². The monoisotopic (exact) mass is 344 g/mol.